The minimum absolute atomic E-state index is 0.496. The fourth-order valence-corrected chi connectivity index (χ4v) is 1.99. The Morgan fingerprint density at radius 1 is 1.24 bits per heavy atom. The summed E-state index contributed by atoms with van der Waals surface area (Å²) in [7, 11) is 1.86. The molecule has 3 nitrogen and oxygen atoms in total. The third-order valence-corrected chi connectivity index (χ3v) is 2.93. The van der Waals surface area contributed by atoms with Gasteiger partial charge in [-0.25, -0.2) is 0 Å². The van der Waals surface area contributed by atoms with Gasteiger partial charge in [0, 0.05) is 13.5 Å². The molecule has 0 aliphatic carbocycles. The maximum Gasteiger partial charge on any atom is 0.0996 e. The van der Waals surface area contributed by atoms with Crippen LogP contribution in [0.3, 0.4) is 0 Å². The molecular weight excluding hydrogens is 212 g/mol. The van der Waals surface area contributed by atoms with E-state index in [9.17, 15) is 5.11 Å². The molecule has 0 saturated heterocycles. The summed E-state index contributed by atoms with van der Waals surface area (Å²) < 4.78 is 1.74. The smallest absolute Gasteiger partial charge is 0.0996 e. The lowest BCUT2D eigenvalue weighted by atomic mass is 10.0. The first-order valence-corrected chi connectivity index (χ1v) is 5.80. The number of rotatable bonds is 3. The third-order valence-electron chi connectivity index (χ3n) is 2.93. The molecule has 2 aromatic rings. The van der Waals surface area contributed by atoms with Crippen LogP contribution in [0.5, 0.6) is 0 Å². The highest BCUT2D eigenvalue weighted by atomic mass is 16.3. The maximum atomic E-state index is 10.2. The topological polar surface area (TPSA) is 38.1 Å². The van der Waals surface area contributed by atoms with Crippen LogP contribution in [0.4, 0.5) is 0 Å². The van der Waals surface area contributed by atoms with E-state index in [2.05, 4.69) is 36.3 Å². The van der Waals surface area contributed by atoms with Crippen molar-refractivity contribution < 1.29 is 5.11 Å². The Morgan fingerprint density at radius 3 is 2.41 bits per heavy atom. The third kappa shape index (κ3) is 2.74. The molecular formula is C14H18N2O. The van der Waals surface area contributed by atoms with Crippen molar-refractivity contribution in [1.82, 2.24) is 9.78 Å². The second-order valence-corrected chi connectivity index (χ2v) is 4.54. The molecule has 0 amide bonds. The molecule has 3 heteroatoms. The second-order valence-electron chi connectivity index (χ2n) is 4.54. The predicted octanol–water partition coefficient (Wildman–Crippen LogP) is 2.31. The van der Waals surface area contributed by atoms with Gasteiger partial charge in [0.15, 0.2) is 0 Å². The van der Waals surface area contributed by atoms with E-state index in [1.807, 2.05) is 20.0 Å². The molecule has 1 aromatic carbocycles. The maximum absolute atomic E-state index is 10.2. The highest BCUT2D eigenvalue weighted by molar-refractivity contribution is 5.23. The van der Waals surface area contributed by atoms with E-state index in [-0.39, 0.29) is 0 Å². The Hall–Kier alpha value is -1.61. The van der Waals surface area contributed by atoms with Crippen molar-refractivity contribution in [2.45, 2.75) is 26.4 Å². The summed E-state index contributed by atoms with van der Waals surface area (Å²) in [6.45, 7) is 3.99. The van der Waals surface area contributed by atoms with Gasteiger partial charge in [-0.05, 0) is 25.5 Å². The zero-order valence-electron chi connectivity index (χ0n) is 10.5. The number of nitrogens with zero attached hydrogens (tertiary/aromatic N) is 2. The fraction of sp³-hybridized carbons (Fsp3) is 0.357. The molecule has 1 N–H and O–H groups in total. The van der Waals surface area contributed by atoms with Gasteiger partial charge in [0.1, 0.15) is 0 Å². The van der Waals surface area contributed by atoms with E-state index >= 15 is 0 Å². The number of hydrogen-bond donors (Lipinski definition) is 1. The number of aliphatic hydroxyl groups excluding tert-OH is 1. The lowest BCUT2D eigenvalue weighted by Crippen LogP contribution is -2.07. The zero-order valence-corrected chi connectivity index (χ0v) is 10.5. The van der Waals surface area contributed by atoms with Crippen molar-refractivity contribution in [2.75, 3.05) is 0 Å². The molecule has 0 fully saturated rings. The first-order chi connectivity index (χ1) is 8.06. The number of aliphatic hydroxyl groups is 1. The van der Waals surface area contributed by atoms with E-state index in [1.165, 1.54) is 5.56 Å². The lowest BCUT2D eigenvalue weighted by Gasteiger charge is -2.11. The molecule has 90 valence electrons. The van der Waals surface area contributed by atoms with Crippen molar-refractivity contribution in [2.24, 2.45) is 7.05 Å². The Morgan fingerprint density at radius 2 is 1.88 bits per heavy atom. The van der Waals surface area contributed by atoms with Gasteiger partial charge in [-0.3, -0.25) is 4.68 Å². The normalized spacial score (nSPS) is 12.7. The highest BCUT2D eigenvalue weighted by Crippen LogP contribution is 2.18. The number of hydrogen-bond acceptors (Lipinski definition) is 2. The van der Waals surface area contributed by atoms with Crippen LogP contribution in [-0.2, 0) is 13.5 Å². The summed E-state index contributed by atoms with van der Waals surface area (Å²) in [5.74, 6) is 0. The summed E-state index contributed by atoms with van der Waals surface area (Å²) in [5, 5.41) is 14.4. The van der Waals surface area contributed by atoms with Crippen LogP contribution < -0.4 is 0 Å². The van der Waals surface area contributed by atoms with Gasteiger partial charge in [-0.15, -0.1) is 0 Å². The van der Waals surface area contributed by atoms with E-state index in [4.69, 9.17) is 0 Å². The van der Waals surface area contributed by atoms with Crippen molar-refractivity contribution in [3.8, 4) is 0 Å². The van der Waals surface area contributed by atoms with E-state index in [1.54, 1.807) is 4.68 Å². The molecule has 1 unspecified atom stereocenters. The Labute approximate surface area is 102 Å². The average Bonchev–Trinajstić information content (AvgIpc) is 2.61. The molecule has 2 rings (SSSR count). The van der Waals surface area contributed by atoms with Gasteiger partial charge in [-0.1, -0.05) is 29.8 Å². The van der Waals surface area contributed by atoms with Gasteiger partial charge in [0.2, 0.25) is 0 Å². The minimum atomic E-state index is -0.496. The summed E-state index contributed by atoms with van der Waals surface area (Å²) >= 11 is 0. The first kappa shape index (κ1) is 11.9. The Balaban J connectivity index is 2.14. The predicted molar refractivity (Wildman–Crippen MR) is 67.8 cm³/mol. The van der Waals surface area contributed by atoms with Gasteiger partial charge in [0.25, 0.3) is 0 Å². The zero-order chi connectivity index (χ0) is 12.4. The molecule has 1 atom stereocenters. The molecule has 0 spiro atoms. The van der Waals surface area contributed by atoms with Crippen molar-refractivity contribution in [1.29, 1.82) is 0 Å². The van der Waals surface area contributed by atoms with Crippen molar-refractivity contribution in [3.05, 3.63) is 52.8 Å². The molecule has 0 radical (unpaired) electrons. The number of aryl methyl sites for hydroxylation is 3. The average molecular weight is 230 g/mol. The largest absolute Gasteiger partial charge is 0.386 e. The summed E-state index contributed by atoms with van der Waals surface area (Å²) in [4.78, 5) is 0. The second kappa shape index (κ2) is 4.72. The summed E-state index contributed by atoms with van der Waals surface area (Å²) in [6.07, 6.45) is 0.128. The monoisotopic (exact) mass is 230 g/mol. The van der Waals surface area contributed by atoms with Crippen LogP contribution in [0, 0.1) is 13.8 Å². The molecule has 1 heterocycles. The summed E-state index contributed by atoms with van der Waals surface area (Å²) in [5.41, 5.74) is 4.18. The molecule has 17 heavy (non-hydrogen) atoms. The highest BCUT2D eigenvalue weighted by Gasteiger charge is 2.13. The fourth-order valence-electron chi connectivity index (χ4n) is 1.99. The standard InChI is InChI=1S/C14H18N2O/c1-10-4-6-12(7-5-10)9-14(17)13-8-11(2)15-16(13)3/h4-8,14,17H,9H2,1-3H3. The SMILES string of the molecule is Cc1ccc(CC(O)c2cc(C)nn2C)cc1. The molecule has 1 aromatic heterocycles. The van der Waals surface area contributed by atoms with Crippen LogP contribution in [0.1, 0.15) is 28.6 Å². The van der Waals surface area contributed by atoms with Gasteiger partial charge in [-0.2, -0.15) is 5.10 Å². The number of benzene rings is 1. The van der Waals surface area contributed by atoms with Crippen LogP contribution >= 0.6 is 0 Å². The van der Waals surface area contributed by atoms with Crippen molar-refractivity contribution in [3.63, 3.8) is 0 Å². The first-order valence-electron chi connectivity index (χ1n) is 5.80. The minimum Gasteiger partial charge on any atom is -0.386 e. The van der Waals surface area contributed by atoms with Crippen molar-refractivity contribution >= 4 is 0 Å². The van der Waals surface area contributed by atoms with E-state index < -0.39 is 6.10 Å². The molecule has 0 saturated carbocycles. The lowest BCUT2D eigenvalue weighted by molar-refractivity contribution is 0.168. The Bertz CT molecular complexity index is 499. The molecule has 0 aliphatic rings. The molecule has 0 aliphatic heterocycles. The quantitative estimate of drug-likeness (QED) is 0.878. The van der Waals surface area contributed by atoms with Crippen LogP contribution in [0.25, 0.3) is 0 Å². The van der Waals surface area contributed by atoms with Gasteiger partial charge in [0.05, 0.1) is 17.5 Å². The van der Waals surface area contributed by atoms with E-state index in [0.717, 1.165) is 17.0 Å². The Kier molecular flexibility index (Phi) is 3.29. The molecule has 0 bridgehead atoms. The van der Waals surface area contributed by atoms with Crippen LogP contribution in [0.2, 0.25) is 0 Å². The number of aromatic nitrogens is 2. The summed E-state index contributed by atoms with van der Waals surface area (Å²) in [6, 6.07) is 10.2. The van der Waals surface area contributed by atoms with Gasteiger partial charge < -0.3 is 5.11 Å². The van der Waals surface area contributed by atoms with Crippen LogP contribution in [0.15, 0.2) is 30.3 Å². The van der Waals surface area contributed by atoms with Crippen LogP contribution in [-0.4, -0.2) is 14.9 Å². The van der Waals surface area contributed by atoms with Gasteiger partial charge >= 0.3 is 0 Å². The van der Waals surface area contributed by atoms with E-state index in [0.29, 0.717) is 6.42 Å².